The van der Waals surface area contributed by atoms with Crippen molar-refractivity contribution in [2.75, 3.05) is 18.0 Å². The molecular weight excluding hydrogens is 448 g/mol. The van der Waals surface area contributed by atoms with Crippen LogP contribution in [-0.2, 0) is 4.79 Å². The molecule has 0 aliphatic carbocycles. The molecule has 7 heteroatoms. The van der Waals surface area contributed by atoms with Crippen LogP contribution in [0.1, 0.15) is 38.8 Å². The lowest BCUT2D eigenvalue weighted by Crippen LogP contribution is -2.34. The van der Waals surface area contributed by atoms with Crippen LogP contribution in [-0.4, -0.2) is 29.0 Å². The summed E-state index contributed by atoms with van der Waals surface area (Å²) >= 11 is 6.26. The van der Waals surface area contributed by atoms with Gasteiger partial charge >= 0.3 is 0 Å². The van der Waals surface area contributed by atoms with Crippen molar-refractivity contribution in [3.8, 4) is 11.6 Å². The largest absolute Gasteiger partial charge is 0.461 e. The summed E-state index contributed by atoms with van der Waals surface area (Å²) in [5.74, 6) is 2.21. The number of rotatable bonds is 9. The van der Waals surface area contributed by atoms with Gasteiger partial charge in [0, 0.05) is 29.9 Å². The summed E-state index contributed by atoms with van der Waals surface area (Å²) in [6.07, 6.45) is 1.95. The molecule has 34 heavy (non-hydrogen) atoms. The van der Waals surface area contributed by atoms with Gasteiger partial charge in [0.05, 0.1) is 17.8 Å². The number of fused-ring (bicyclic) bond motifs is 1. The van der Waals surface area contributed by atoms with E-state index in [0.29, 0.717) is 35.5 Å². The Morgan fingerprint density at radius 3 is 2.56 bits per heavy atom. The molecule has 1 N–H and O–H groups in total. The fraction of sp³-hybridized carbons (Fsp3) is 0.296. The molecule has 2 aromatic carbocycles. The third-order valence-corrected chi connectivity index (χ3v) is 5.79. The predicted molar refractivity (Wildman–Crippen MR) is 137 cm³/mol. The fourth-order valence-electron chi connectivity index (χ4n) is 3.94. The second-order valence-corrected chi connectivity index (χ2v) is 9.24. The topological polar surface area (TPSA) is 71.3 Å². The molecule has 176 valence electrons. The number of benzene rings is 2. The fourth-order valence-corrected chi connectivity index (χ4v) is 4.11. The van der Waals surface area contributed by atoms with Crippen molar-refractivity contribution in [3.63, 3.8) is 0 Å². The highest BCUT2D eigenvalue weighted by Crippen LogP contribution is 2.30. The normalized spacial score (nSPS) is 12.1. The van der Waals surface area contributed by atoms with E-state index in [4.69, 9.17) is 21.0 Å². The van der Waals surface area contributed by atoms with Crippen LogP contribution in [0.15, 0.2) is 71.3 Å². The first kappa shape index (κ1) is 23.8. The molecule has 0 saturated heterocycles. The molecule has 0 spiro atoms. The van der Waals surface area contributed by atoms with Gasteiger partial charge < -0.3 is 14.6 Å². The van der Waals surface area contributed by atoms with Crippen molar-refractivity contribution in [2.45, 2.75) is 33.2 Å². The molecule has 0 aliphatic heterocycles. The van der Waals surface area contributed by atoms with E-state index in [1.807, 2.05) is 67.6 Å². The molecule has 0 fully saturated rings. The molecular formula is C27H29ClN4O2. The van der Waals surface area contributed by atoms with Gasteiger partial charge in [0.25, 0.3) is 0 Å². The van der Waals surface area contributed by atoms with E-state index in [9.17, 15) is 4.79 Å². The van der Waals surface area contributed by atoms with Gasteiger partial charge in [-0.1, -0.05) is 55.8 Å². The average Bonchev–Trinajstić information content (AvgIpc) is 3.36. The van der Waals surface area contributed by atoms with Crippen LogP contribution in [0.5, 0.6) is 0 Å². The minimum Gasteiger partial charge on any atom is -0.461 e. The number of carbonyl (C=O) groups excluding carboxylic acids is 1. The Hall–Kier alpha value is -3.38. The molecule has 1 amide bonds. The van der Waals surface area contributed by atoms with E-state index in [0.717, 1.165) is 28.8 Å². The summed E-state index contributed by atoms with van der Waals surface area (Å²) in [5.41, 5.74) is 1.82. The molecule has 4 rings (SSSR count). The lowest BCUT2D eigenvalue weighted by atomic mass is 10.1. The van der Waals surface area contributed by atoms with E-state index in [1.54, 1.807) is 6.26 Å². The minimum atomic E-state index is -0.0557. The molecule has 2 aromatic heterocycles. The van der Waals surface area contributed by atoms with Crippen molar-refractivity contribution in [1.82, 2.24) is 15.3 Å². The van der Waals surface area contributed by atoms with Crippen molar-refractivity contribution in [2.24, 2.45) is 5.92 Å². The number of halogens is 1. The van der Waals surface area contributed by atoms with E-state index >= 15 is 0 Å². The summed E-state index contributed by atoms with van der Waals surface area (Å²) in [5, 5.41) is 4.60. The number of amides is 1. The quantitative estimate of drug-likeness (QED) is 0.308. The number of furan rings is 1. The first-order chi connectivity index (χ1) is 16.4. The Labute approximate surface area is 205 Å². The summed E-state index contributed by atoms with van der Waals surface area (Å²) in [6, 6.07) is 19.2. The highest BCUT2D eigenvalue weighted by Gasteiger charge is 2.19. The maximum absolute atomic E-state index is 12.8. The second kappa shape index (κ2) is 10.7. The summed E-state index contributed by atoms with van der Waals surface area (Å²) < 4.78 is 5.56. The number of nitrogens with one attached hydrogen (secondary N) is 1. The number of anilines is 1. The number of nitrogens with zero attached hydrogens (tertiary/aromatic N) is 3. The Bertz CT molecular complexity index is 1240. The van der Waals surface area contributed by atoms with Gasteiger partial charge in [-0.05, 0) is 48.7 Å². The third-order valence-electron chi connectivity index (χ3n) is 5.55. The summed E-state index contributed by atoms with van der Waals surface area (Å²) in [7, 11) is 0. The van der Waals surface area contributed by atoms with Crippen LogP contribution < -0.4 is 10.2 Å². The van der Waals surface area contributed by atoms with Gasteiger partial charge in [-0.25, -0.2) is 9.97 Å². The predicted octanol–water partition coefficient (Wildman–Crippen LogP) is 6.27. The highest BCUT2D eigenvalue weighted by atomic mass is 35.5. The molecule has 0 saturated carbocycles. The Balaban J connectivity index is 1.60. The van der Waals surface area contributed by atoms with E-state index in [-0.39, 0.29) is 11.9 Å². The van der Waals surface area contributed by atoms with E-state index in [1.165, 1.54) is 0 Å². The minimum absolute atomic E-state index is 0.00206. The van der Waals surface area contributed by atoms with Crippen LogP contribution in [0.2, 0.25) is 5.02 Å². The van der Waals surface area contributed by atoms with Gasteiger partial charge in [0.15, 0.2) is 11.6 Å². The molecule has 0 aliphatic rings. The maximum Gasteiger partial charge on any atom is 0.222 e. The highest BCUT2D eigenvalue weighted by molar-refractivity contribution is 6.31. The second-order valence-electron chi connectivity index (χ2n) is 8.80. The molecule has 0 unspecified atom stereocenters. The zero-order chi connectivity index (χ0) is 24.1. The molecule has 0 radical (unpaired) electrons. The maximum atomic E-state index is 12.8. The van der Waals surface area contributed by atoms with Crippen LogP contribution in [0.3, 0.4) is 0 Å². The van der Waals surface area contributed by atoms with Gasteiger partial charge in [-0.2, -0.15) is 0 Å². The lowest BCUT2D eigenvalue weighted by molar-refractivity contribution is -0.121. The Morgan fingerprint density at radius 2 is 1.85 bits per heavy atom. The van der Waals surface area contributed by atoms with Gasteiger partial charge in [-0.15, -0.1) is 0 Å². The Kier molecular flexibility index (Phi) is 7.48. The average molecular weight is 477 g/mol. The summed E-state index contributed by atoms with van der Waals surface area (Å²) in [4.78, 5) is 24.5. The van der Waals surface area contributed by atoms with Crippen LogP contribution in [0.25, 0.3) is 22.5 Å². The lowest BCUT2D eigenvalue weighted by Gasteiger charge is -2.27. The van der Waals surface area contributed by atoms with Crippen molar-refractivity contribution < 1.29 is 9.21 Å². The number of hydrogen-bond acceptors (Lipinski definition) is 5. The van der Waals surface area contributed by atoms with Gasteiger partial charge in [0.1, 0.15) is 5.82 Å². The third kappa shape index (κ3) is 5.75. The molecule has 0 bridgehead atoms. The van der Waals surface area contributed by atoms with Crippen LogP contribution in [0, 0.1) is 5.92 Å². The zero-order valence-corrected chi connectivity index (χ0v) is 20.4. The van der Waals surface area contributed by atoms with Crippen molar-refractivity contribution >= 4 is 34.2 Å². The Morgan fingerprint density at radius 1 is 1.06 bits per heavy atom. The van der Waals surface area contributed by atoms with Crippen LogP contribution >= 0.6 is 11.6 Å². The summed E-state index contributed by atoms with van der Waals surface area (Å²) in [6.45, 7) is 7.57. The van der Waals surface area contributed by atoms with Gasteiger partial charge in [-0.3, -0.25) is 4.79 Å². The standard InChI is InChI=1S/C27H29ClN4O2/c1-18(2)17-32(14-13-25(33)29-19(3)20-8-5-4-6-9-20)27-22-12-11-21(28)16-23(22)30-26(31-27)24-10-7-15-34-24/h4-12,15-16,18-19H,13-14,17H2,1-3H3,(H,29,33)/t19-/m0/s1. The van der Waals surface area contributed by atoms with Crippen LogP contribution in [0.4, 0.5) is 5.82 Å². The van der Waals surface area contributed by atoms with E-state index in [2.05, 4.69) is 29.0 Å². The number of hydrogen-bond donors (Lipinski definition) is 1. The molecule has 2 heterocycles. The smallest absolute Gasteiger partial charge is 0.222 e. The number of carbonyl (C=O) groups is 1. The SMILES string of the molecule is CC(C)CN(CCC(=O)N[C@@H](C)c1ccccc1)c1nc(-c2ccco2)nc2cc(Cl)ccc12. The molecule has 6 nitrogen and oxygen atoms in total. The zero-order valence-electron chi connectivity index (χ0n) is 19.7. The van der Waals surface area contributed by atoms with E-state index < -0.39 is 0 Å². The molecule has 4 aromatic rings. The first-order valence-corrected chi connectivity index (χ1v) is 11.9. The molecule has 1 atom stereocenters. The monoisotopic (exact) mass is 476 g/mol. The van der Waals surface area contributed by atoms with Crippen molar-refractivity contribution in [3.05, 3.63) is 77.5 Å². The van der Waals surface area contributed by atoms with Crippen molar-refractivity contribution in [1.29, 1.82) is 0 Å². The first-order valence-electron chi connectivity index (χ1n) is 11.5. The van der Waals surface area contributed by atoms with Gasteiger partial charge in [0.2, 0.25) is 5.91 Å². The number of aromatic nitrogens is 2.